The van der Waals surface area contributed by atoms with Crippen molar-refractivity contribution >= 4 is 27.4 Å². The van der Waals surface area contributed by atoms with E-state index in [2.05, 4.69) is 32.3 Å². The highest BCUT2D eigenvalue weighted by Gasteiger charge is 2.09. The molecular weight excluding hydrogens is 302 g/mol. The summed E-state index contributed by atoms with van der Waals surface area (Å²) in [6.45, 7) is 5.87. The molecule has 4 heteroatoms. The van der Waals surface area contributed by atoms with E-state index in [1.54, 1.807) is 0 Å². The molecular formula is C15H14BrN3. The third-order valence-electron chi connectivity index (χ3n) is 2.89. The SMILES string of the molecule is Cc1cc(C)c(C#N)c(Nc2ccc(C)c(Br)c2)n1. The van der Waals surface area contributed by atoms with Gasteiger partial charge in [-0.25, -0.2) is 4.98 Å². The average molecular weight is 316 g/mol. The van der Waals surface area contributed by atoms with Crippen LogP contribution < -0.4 is 5.32 Å². The van der Waals surface area contributed by atoms with E-state index in [9.17, 15) is 5.26 Å². The second-order valence-corrected chi connectivity index (χ2v) is 5.36. The first-order chi connectivity index (χ1) is 9.01. The molecule has 96 valence electrons. The van der Waals surface area contributed by atoms with Gasteiger partial charge in [0.2, 0.25) is 0 Å². The lowest BCUT2D eigenvalue weighted by Crippen LogP contribution is -2.00. The lowest BCUT2D eigenvalue weighted by molar-refractivity contribution is 1.16. The standard InChI is InChI=1S/C15H14BrN3/c1-9-4-5-12(7-14(9)16)19-15-13(8-17)10(2)6-11(3)18-15/h4-7H,1-3H3,(H,18,19). The van der Waals surface area contributed by atoms with Crippen molar-refractivity contribution in [3.05, 3.63) is 51.1 Å². The zero-order valence-electron chi connectivity index (χ0n) is 11.1. The second-order valence-electron chi connectivity index (χ2n) is 4.50. The van der Waals surface area contributed by atoms with Crippen molar-refractivity contribution in [1.29, 1.82) is 5.26 Å². The van der Waals surface area contributed by atoms with E-state index in [1.807, 2.05) is 45.0 Å². The normalized spacial score (nSPS) is 10.1. The highest BCUT2D eigenvalue weighted by atomic mass is 79.9. The Hall–Kier alpha value is -1.86. The number of nitrogens with one attached hydrogen (secondary N) is 1. The van der Waals surface area contributed by atoms with Gasteiger partial charge in [0, 0.05) is 15.9 Å². The summed E-state index contributed by atoms with van der Waals surface area (Å²) in [5.74, 6) is 0.607. The molecule has 0 spiro atoms. The van der Waals surface area contributed by atoms with Crippen molar-refractivity contribution in [1.82, 2.24) is 4.98 Å². The number of hydrogen-bond acceptors (Lipinski definition) is 3. The molecule has 19 heavy (non-hydrogen) atoms. The molecule has 0 amide bonds. The summed E-state index contributed by atoms with van der Waals surface area (Å²) >= 11 is 3.50. The quantitative estimate of drug-likeness (QED) is 0.894. The largest absolute Gasteiger partial charge is 0.339 e. The molecule has 1 N–H and O–H groups in total. The van der Waals surface area contributed by atoms with E-state index in [0.29, 0.717) is 11.4 Å². The Labute approximate surface area is 121 Å². The van der Waals surface area contributed by atoms with Crippen LogP contribution in [0.4, 0.5) is 11.5 Å². The number of hydrogen-bond donors (Lipinski definition) is 1. The molecule has 0 radical (unpaired) electrons. The number of anilines is 2. The van der Waals surface area contributed by atoms with Gasteiger partial charge in [0.05, 0.1) is 5.56 Å². The zero-order valence-corrected chi connectivity index (χ0v) is 12.7. The molecule has 1 heterocycles. The average Bonchev–Trinajstić information content (AvgIpc) is 2.33. The number of aryl methyl sites for hydroxylation is 3. The Kier molecular flexibility index (Phi) is 3.87. The van der Waals surface area contributed by atoms with Crippen LogP contribution in [-0.4, -0.2) is 4.98 Å². The number of aromatic nitrogens is 1. The lowest BCUT2D eigenvalue weighted by Gasteiger charge is -2.11. The lowest BCUT2D eigenvalue weighted by atomic mass is 10.1. The fourth-order valence-electron chi connectivity index (χ4n) is 1.88. The van der Waals surface area contributed by atoms with Gasteiger partial charge in [-0.15, -0.1) is 0 Å². The van der Waals surface area contributed by atoms with E-state index in [0.717, 1.165) is 21.4 Å². The third-order valence-corrected chi connectivity index (χ3v) is 3.75. The molecule has 0 saturated heterocycles. The van der Waals surface area contributed by atoms with Crippen LogP contribution in [-0.2, 0) is 0 Å². The first-order valence-corrected chi connectivity index (χ1v) is 6.72. The van der Waals surface area contributed by atoms with Gasteiger partial charge in [0.15, 0.2) is 0 Å². The van der Waals surface area contributed by atoms with Crippen LogP contribution in [0.1, 0.15) is 22.4 Å². The Morgan fingerprint density at radius 2 is 1.89 bits per heavy atom. The number of halogens is 1. The maximum absolute atomic E-state index is 9.23. The molecule has 0 saturated carbocycles. The predicted molar refractivity (Wildman–Crippen MR) is 80.6 cm³/mol. The molecule has 1 aromatic carbocycles. The van der Waals surface area contributed by atoms with Gasteiger partial charge in [0.1, 0.15) is 11.9 Å². The van der Waals surface area contributed by atoms with Crippen LogP contribution in [0.2, 0.25) is 0 Å². The van der Waals surface area contributed by atoms with Gasteiger partial charge in [-0.05, 0) is 50.1 Å². The highest BCUT2D eigenvalue weighted by Crippen LogP contribution is 2.25. The van der Waals surface area contributed by atoms with Crippen LogP contribution in [0.15, 0.2) is 28.7 Å². The Morgan fingerprint density at radius 1 is 1.16 bits per heavy atom. The van der Waals surface area contributed by atoms with Crippen LogP contribution in [0.3, 0.4) is 0 Å². The summed E-state index contributed by atoms with van der Waals surface area (Å²) in [5.41, 5.74) is 4.49. The van der Waals surface area contributed by atoms with E-state index in [4.69, 9.17) is 0 Å². The van der Waals surface area contributed by atoms with Crippen LogP contribution in [0.5, 0.6) is 0 Å². The molecule has 0 bridgehead atoms. The van der Waals surface area contributed by atoms with E-state index < -0.39 is 0 Å². The zero-order chi connectivity index (χ0) is 14.0. The maximum Gasteiger partial charge on any atom is 0.148 e. The summed E-state index contributed by atoms with van der Waals surface area (Å²) in [6.07, 6.45) is 0. The Balaban J connectivity index is 2.43. The molecule has 0 aliphatic rings. The fraction of sp³-hybridized carbons (Fsp3) is 0.200. The van der Waals surface area contributed by atoms with Crippen molar-refractivity contribution in [3.63, 3.8) is 0 Å². The minimum absolute atomic E-state index is 0.585. The Bertz CT molecular complexity index is 672. The molecule has 2 rings (SSSR count). The molecule has 0 fully saturated rings. The van der Waals surface area contributed by atoms with Crippen molar-refractivity contribution in [2.75, 3.05) is 5.32 Å². The topological polar surface area (TPSA) is 48.7 Å². The summed E-state index contributed by atoms with van der Waals surface area (Å²) in [7, 11) is 0. The number of pyridine rings is 1. The van der Waals surface area contributed by atoms with Crippen molar-refractivity contribution in [2.45, 2.75) is 20.8 Å². The second kappa shape index (κ2) is 5.41. The first kappa shape index (κ1) is 13.6. The third kappa shape index (κ3) is 2.94. The van der Waals surface area contributed by atoms with Crippen LogP contribution in [0, 0.1) is 32.1 Å². The monoisotopic (exact) mass is 315 g/mol. The maximum atomic E-state index is 9.23. The summed E-state index contributed by atoms with van der Waals surface area (Å²) < 4.78 is 1.03. The van der Waals surface area contributed by atoms with E-state index in [1.165, 1.54) is 5.56 Å². The molecule has 0 aliphatic heterocycles. The molecule has 3 nitrogen and oxygen atoms in total. The van der Waals surface area contributed by atoms with Crippen molar-refractivity contribution in [2.24, 2.45) is 0 Å². The predicted octanol–water partition coefficient (Wildman–Crippen LogP) is 4.38. The van der Waals surface area contributed by atoms with Crippen molar-refractivity contribution < 1.29 is 0 Å². The smallest absolute Gasteiger partial charge is 0.148 e. The van der Waals surface area contributed by atoms with Gasteiger partial charge >= 0.3 is 0 Å². The number of rotatable bonds is 2. The minimum atomic E-state index is 0.585. The van der Waals surface area contributed by atoms with E-state index in [-0.39, 0.29) is 0 Å². The van der Waals surface area contributed by atoms with E-state index >= 15 is 0 Å². The molecule has 1 aromatic heterocycles. The fourth-order valence-corrected chi connectivity index (χ4v) is 2.25. The molecule has 0 aliphatic carbocycles. The highest BCUT2D eigenvalue weighted by molar-refractivity contribution is 9.10. The van der Waals surface area contributed by atoms with Crippen molar-refractivity contribution in [3.8, 4) is 6.07 Å². The van der Waals surface area contributed by atoms with Gasteiger partial charge in [-0.2, -0.15) is 5.26 Å². The van der Waals surface area contributed by atoms with Gasteiger partial charge in [0.25, 0.3) is 0 Å². The summed E-state index contributed by atoms with van der Waals surface area (Å²) in [4.78, 5) is 4.40. The first-order valence-electron chi connectivity index (χ1n) is 5.93. The Morgan fingerprint density at radius 3 is 2.53 bits per heavy atom. The van der Waals surface area contributed by atoms with Crippen LogP contribution >= 0.6 is 15.9 Å². The summed E-state index contributed by atoms with van der Waals surface area (Å²) in [6, 6.07) is 10.1. The number of nitriles is 1. The minimum Gasteiger partial charge on any atom is -0.339 e. The molecule has 2 aromatic rings. The molecule has 0 atom stereocenters. The molecule has 0 unspecified atom stereocenters. The van der Waals surface area contributed by atoms with Crippen LogP contribution in [0.25, 0.3) is 0 Å². The van der Waals surface area contributed by atoms with Gasteiger partial charge in [-0.3, -0.25) is 0 Å². The number of benzene rings is 1. The summed E-state index contributed by atoms with van der Waals surface area (Å²) in [5, 5.41) is 12.4. The van der Waals surface area contributed by atoms with Gasteiger partial charge in [-0.1, -0.05) is 22.0 Å². The van der Waals surface area contributed by atoms with Gasteiger partial charge < -0.3 is 5.32 Å². The number of nitrogens with zero attached hydrogens (tertiary/aromatic N) is 2.